The predicted octanol–water partition coefficient (Wildman–Crippen LogP) is 3.93. The second kappa shape index (κ2) is 6.36. The zero-order valence-corrected chi connectivity index (χ0v) is 11.3. The molecule has 0 saturated carbocycles. The van der Waals surface area contributed by atoms with Crippen molar-refractivity contribution in [1.82, 2.24) is 0 Å². The lowest BCUT2D eigenvalue weighted by atomic mass is 9.97. The lowest BCUT2D eigenvalue weighted by molar-refractivity contribution is 0.144. The third-order valence-electron chi connectivity index (χ3n) is 2.83. The molecule has 0 bridgehead atoms. The van der Waals surface area contributed by atoms with Gasteiger partial charge in [0.2, 0.25) is 0 Å². The fourth-order valence-electron chi connectivity index (χ4n) is 1.65. The average molecular weight is 289 g/mol. The molecule has 0 aliphatic carbocycles. The van der Waals surface area contributed by atoms with Gasteiger partial charge in [-0.05, 0) is 52.4 Å². The molecule has 2 atom stereocenters. The van der Waals surface area contributed by atoms with E-state index in [1.165, 1.54) is 6.07 Å². The average Bonchev–Trinajstić information content (AvgIpc) is 2.23. The number of benzene rings is 1. The largest absolute Gasteiger partial charge is 0.393 e. The van der Waals surface area contributed by atoms with Crippen molar-refractivity contribution in [3.8, 4) is 0 Å². The van der Waals surface area contributed by atoms with Crippen LogP contribution in [-0.4, -0.2) is 11.2 Å². The Labute approximate surface area is 105 Å². The van der Waals surface area contributed by atoms with Gasteiger partial charge in [0.25, 0.3) is 0 Å². The number of aliphatic hydroxyl groups is 1. The maximum absolute atomic E-state index is 13.0. The fraction of sp³-hybridized carbons (Fsp3) is 0.538. The molecular weight excluding hydrogens is 271 g/mol. The van der Waals surface area contributed by atoms with Gasteiger partial charge in [0, 0.05) is 0 Å². The van der Waals surface area contributed by atoms with Crippen LogP contribution in [0.3, 0.4) is 0 Å². The number of rotatable bonds is 5. The molecule has 1 aromatic carbocycles. The number of aliphatic hydroxyl groups excluding tert-OH is 1. The zero-order chi connectivity index (χ0) is 12.1. The van der Waals surface area contributed by atoms with Crippen LogP contribution in [0.15, 0.2) is 22.7 Å². The summed E-state index contributed by atoms with van der Waals surface area (Å²) in [7, 11) is 0. The maximum atomic E-state index is 13.0. The van der Waals surface area contributed by atoms with Gasteiger partial charge in [-0.15, -0.1) is 0 Å². The van der Waals surface area contributed by atoms with Crippen LogP contribution in [0.25, 0.3) is 0 Å². The highest BCUT2D eigenvalue weighted by Gasteiger charge is 2.10. The third kappa shape index (κ3) is 4.22. The highest BCUT2D eigenvalue weighted by atomic mass is 79.9. The van der Waals surface area contributed by atoms with Crippen LogP contribution in [0.5, 0.6) is 0 Å². The summed E-state index contributed by atoms with van der Waals surface area (Å²) in [4.78, 5) is 0. The van der Waals surface area contributed by atoms with E-state index in [1.54, 1.807) is 12.1 Å². The molecule has 0 amide bonds. The van der Waals surface area contributed by atoms with Crippen LogP contribution in [0.4, 0.5) is 4.39 Å². The molecule has 0 radical (unpaired) electrons. The van der Waals surface area contributed by atoms with Gasteiger partial charge in [0.15, 0.2) is 0 Å². The van der Waals surface area contributed by atoms with Crippen molar-refractivity contribution in [2.45, 2.75) is 39.2 Å². The molecule has 0 heterocycles. The molecule has 0 aliphatic heterocycles. The number of halogens is 2. The van der Waals surface area contributed by atoms with Crippen LogP contribution in [0, 0.1) is 11.7 Å². The quantitative estimate of drug-likeness (QED) is 0.870. The van der Waals surface area contributed by atoms with Crippen molar-refractivity contribution in [2.75, 3.05) is 0 Å². The first-order valence-corrected chi connectivity index (χ1v) is 6.44. The third-order valence-corrected chi connectivity index (χ3v) is 3.43. The van der Waals surface area contributed by atoms with Crippen LogP contribution in [0.1, 0.15) is 32.3 Å². The second-order valence-electron chi connectivity index (χ2n) is 4.36. The monoisotopic (exact) mass is 288 g/mol. The zero-order valence-electron chi connectivity index (χ0n) is 9.71. The summed E-state index contributed by atoms with van der Waals surface area (Å²) in [6.07, 6.45) is 2.12. The van der Waals surface area contributed by atoms with E-state index in [2.05, 4.69) is 29.8 Å². The van der Waals surface area contributed by atoms with Crippen LogP contribution < -0.4 is 0 Å². The minimum Gasteiger partial charge on any atom is -0.393 e. The van der Waals surface area contributed by atoms with E-state index >= 15 is 0 Å². The first kappa shape index (κ1) is 13.7. The summed E-state index contributed by atoms with van der Waals surface area (Å²) in [5.41, 5.74) is 0.962. The van der Waals surface area contributed by atoms with Gasteiger partial charge < -0.3 is 5.11 Å². The molecule has 1 N–H and O–H groups in total. The normalized spacial score (nSPS) is 14.8. The summed E-state index contributed by atoms with van der Waals surface area (Å²) in [6, 6.07) is 4.88. The van der Waals surface area contributed by atoms with Crippen LogP contribution >= 0.6 is 15.9 Å². The first-order valence-electron chi connectivity index (χ1n) is 5.65. The lowest BCUT2D eigenvalue weighted by Crippen LogP contribution is -2.14. The van der Waals surface area contributed by atoms with Crippen molar-refractivity contribution < 1.29 is 9.50 Å². The highest BCUT2D eigenvalue weighted by molar-refractivity contribution is 9.10. The molecule has 0 aliphatic rings. The minimum atomic E-state index is -0.340. The Bertz CT molecular complexity index is 341. The van der Waals surface area contributed by atoms with Crippen molar-refractivity contribution in [1.29, 1.82) is 0 Å². The van der Waals surface area contributed by atoms with Crippen LogP contribution in [0.2, 0.25) is 0 Å². The van der Waals surface area contributed by atoms with E-state index < -0.39 is 0 Å². The minimum absolute atomic E-state index is 0.264. The summed E-state index contributed by atoms with van der Waals surface area (Å²) in [5.74, 6) is 0.263. The van der Waals surface area contributed by atoms with Crippen LogP contribution in [-0.2, 0) is 6.42 Å². The molecule has 1 nitrogen and oxygen atoms in total. The van der Waals surface area contributed by atoms with Gasteiger partial charge in [-0.1, -0.05) is 26.3 Å². The highest BCUT2D eigenvalue weighted by Crippen LogP contribution is 2.19. The van der Waals surface area contributed by atoms with E-state index in [4.69, 9.17) is 0 Å². The molecular formula is C13H18BrFO. The Morgan fingerprint density at radius 3 is 2.69 bits per heavy atom. The van der Waals surface area contributed by atoms with E-state index in [9.17, 15) is 9.50 Å². The summed E-state index contributed by atoms with van der Waals surface area (Å²) in [5, 5.41) is 9.86. The summed E-state index contributed by atoms with van der Waals surface area (Å²) in [6.45, 7) is 4.25. The summed E-state index contributed by atoms with van der Waals surface area (Å²) < 4.78 is 13.5. The van der Waals surface area contributed by atoms with E-state index in [1.807, 2.05) is 0 Å². The van der Waals surface area contributed by atoms with Gasteiger partial charge in [0.05, 0.1) is 10.6 Å². The molecule has 0 aromatic heterocycles. The SMILES string of the molecule is CCC(C)CC(O)Cc1ccc(F)c(Br)c1. The molecule has 0 saturated heterocycles. The standard InChI is InChI=1S/C13H18BrFO/c1-3-9(2)6-11(16)7-10-4-5-13(15)12(14)8-10/h4-5,8-9,11,16H,3,6-7H2,1-2H3. The maximum Gasteiger partial charge on any atom is 0.137 e. The number of hydrogen-bond acceptors (Lipinski definition) is 1. The van der Waals surface area contributed by atoms with Crippen molar-refractivity contribution >= 4 is 15.9 Å². The van der Waals surface area contributed by atoms with Gasteiger partial charge in [-0.3, -0.25) is 0 Å². The Balaban J connectivity index is 2.56. The molecule has 0 spiro atoms. The predicted molar refractivity (Wildman–Crippen MR) is 67.9 cm³/mol. The first-order chi connectivity index (χ1) is 7.52. The molecule has 1 rings (SSSR count). The smallest absolute Gasteiger partial charge is 0.137 e. The second-order valence-corrected chi connectivity index (χ2v) is 5.21. The van der Waals surface area contributed by atoms with Crippen molar-refractivity contribution in [3.05, 3.63) is 34.1 Å². The van der Waals surface area contributed by atoms with Gasteiger partial charge in [-0.2, -0.15) is 0 Å². The Morgan fingerprint density at radius 1 is 1.44 bits per heavy atom. The van der Waals surface area contributed by atoms with E-state index in [-0.39, 0.29) is 11.9 Å². The van der Waals surface area contributed by atoms with Gasteiger partial charge in [0.1, 0.15) is 5.82 Å². The Kier molecular flexibility index (Phi) is 5.42. The van der Waals surface area contributed by atoms with Gasteiger partial charge in [-0.25, -0.2) is 4.39 Å². The lowest BCUT2D eigenvalue weighted by Gasteiger charge is -2.15. The fourth-order valence-corrected chi connectivity index (χ4v) is 2.08. The van der Waals surface area contributed by atoms with Crippen molar-refractivity contribution in [2.24, 2.45) is 5.92 Å². The molecule has 3 heteroatoms. The molecule has 16 heavy (non-hydrogen) atoms. The number of hydrogen-bond donors (Lipinski definition) is 1. The summed E-state index contributed by atoms with van der Waals surface area (Å²) >= 11 is 3.14. The Morgan fingerprint density at radius 2 is 2.12 bits per heavy atom. The molecule has 1 aromatic rings. The van der Waals surface area contributed by atoms with E-state index in [0.29, 0.717) is 16.8 Å². The molecule has 90 valence electrons. The van der Waals surface area contributed by atoms with E-state index in [0.717, 1.165) is 18.4 Å². The molecule has 0 fully saturated rings. The van der Waals surface area contributed by atoms with Crippen molar-refractivity contribution in [3.63, 3.8) is 0 Å². The Hall–Kier alpha value is -0.410. The molecule has 2 unspecified atom stereocenters. The van der Waals surface area contributed by atoms with Gasteiger partial charge >= 0.3 is 0 Å². The topological polar surface area (TPSA) is 20.2 Å².